The molecule has 2 N–H and O–H groups in total. The van der Waals surface area contributed by atoms with Crippen LogP contribution in [0, 0.1) is 5.92 Å². The largest absolute Gasteiger partial charge is 0.481 e. The Hall–Kier alpha value is -1.84. The minimum absolute atomic E-state index is 0.0306. The van der Waals surface area contributed by atoms with Gasteiger partial charge in [0.25, 0.3) is 0 Å². The summed E-state index contributed by atoms with van der Waals surface area (Å²) in [6.45, 7) is 0. The van der Waals surface area contributed by atoms with Gasteiger partial charge in [-0.25, -0.2) is 0 Å². The molecule has 21 heavy (non-hydrogen) atoms. The Kier molecular flexibility index (Phi) is 5.78. The van der Waals surface area contributed by atoms with Gasteiger partial charge in [-0.1, -0.05) is 49.6 Å². The van der Waals surface area contributed by atoms with Crippen LogP contribution in [0.25, 0.3) is 0 Å². The summed E-state index contributed by atoms with van der Waals surface area (Å²) in [7, 11) is 0. The minimum atomic E-state index is -0.901. The Morgan fingerprint density at radius 1 is 1.14 bits per heavy atom. The maximum Gasteiger partial charge on any atom is 0.305 e. The van der Waals surface area contributed by atoms with Crippen molar-refractivity contribution in [2.24, 2.45) is 5.92 Å². The molecule has 0 heterocycles. The fourth-order valence-corrected chi connectivity index (χ4v) is 3.02. The molecule has 1 aliphatic rings. The Bertz CT molecular complexity index is 466. The summed E-state index contributed by atoms with van der Waals surface area (Å²) in [4.78, 5) is 23.2. The summed E-state index contributed by atoms with van der Waals surface area (Å²) >= 11 is 0. The van der Waals surface area contributed by atoms with Crippen LogP contribution in [0.5, 0.6) is 0 Å². The summed E-state index contributed by atoms with van der Waals surface area (Å²) in [5.41, 5.74) is 0.844. The van der Waals surface area contributed by atoms with Crippen LogP contribution in [0.3, 0.4) is 0 Å². The lowest BCUT2D eigenvalue weighted by Crippen LogP contribution is -2.31. The quantitative estimate of drug-likeness (QED) is 0.844. The summed E-state index contributed by atoms with van der Waals surface area (Å²) < 4.78 is 0. The molecule has 0 spiro atoms. The van der Waals surface area contributed by atoms with Gasteiger partial charge in [-0.05, 0) is 24.3 Å². The van der Waals surface area contributed by atoms with E-state index in [1.807, 2.05) is 30.3 Å². The summed E-state index contributed by atoms with van der Waals surface area (Å²) in [5, 5.41) is 11.9. The van der Waals surface area contributed by atoms with Crippen molar-refractivity contribution in [3.05, 3.63) is 35.9 Å². The predicted octanol–water partition coefficient (Wildman–Crippen LogP) is 3.29. The maximum atomic E-state index is 12.2. The number of carboxylic acids is 1. The van der Waals surface area contributed by atoms with Gasteiger partial charge in [0.1, 0.15) is 0 Å². The number of hydrogen-bond donors (Lipinski definition) is 2. The van der Waals surface area contributed by atoms with Gasteiger partial charge >= 0.3 is 5.97 Å². The van der Waals surface area contributed by atoms with Crippen LogP contribution >= 0.6 is 0 Å². The van der Waals surface area contributed by atoms with Crippen molar-refractivity contribution in [3.8, 4) is 0 Å². The van der Waals surface area contributed by atoms with Crippen molar-refractivity contribution in [2.45, 2.75) is 51.0 Å². The van der Waals surface area contributed by atoms with Crippen molar-refractivity contribution in [3.63, 3.8) is 0 Å². The molecule has 0 radical (unpaired) electrons. The van der Waals surface area contributed by atoms with E-state index in [0.717, 1.165) is 18.4 Å². The second-order valence-electron chi connectivity index (χ2n) is 5.84. The highest BCUT2D eigenvalue weighted by molar-refractivity contribution is 5.78. The minimum Gasteiger partial charge on any atom is -0.481 e. The van der Waals surface area contributed by atoms with E-state index < -0.39 is 12.0 Å². The first-order valence-electron chi connectivity index (χ1n) is 7.71. The molecule has 4 heteroatoms. The van der Waals surface area contributed by atoms with Gasteiger partial charge in [-0.3, -0.25) is 9.59 Å². The summed E-state index contributed by atoms with van der Waals surface area (Å²) in [6.07, 6.45) is 6.34. The first-order chi connectivity index (χ1) is 10.1. The zero-order valence-corrected chi connectivity index (χ0v) is 12.3. The number of amides is 1. The van der Waals surface area contributed by atoms with E-state index in [0.29, 0.717) is 12.3 Å². The molecule has 1 aliphatic carbocycles. The van der Waals surface area contributed by atoms with Crippen LogP contribution in [0.1, 0.15) is 56.6 Å². The molecule has 0 aliphatic heterocycles. The predicted molar refractivity (Wildman–Crippen MR) is 80.8 cm³/mol. The number of nitrogens with one attached hydrogen (secondary N) is 1. The number of aliphatic carboxylic acids is 1. The second-order valence-corrected chi connectivity index (χ2v) is 5.84. The highest BCUT2D eigenvalue weighted by Crippen LogP contribution is 2.26. The lowest BCUT2D eigenvalue weighted by molar-refractivity contribution is -0.137. The third kappa shape index (κ3) is 5.21. The SMILES string of the molecule is O=C(O)CC(NC(=O)CC1CCCCC1)c1ccccc1. The Balaban J connectivity index is 1.94. The van der Waals surface area contributed by atoms with Crippen LogP contribution in [0.4, 0.5) is 0 Å². The topological polar surface area (TPSA) is 66.4 Å². The van der Waals surface area contributed by atoms with Gasteiger partial charge in [0, 0.05) is 6.42 Å². The molecule has 0 aromatic heterocycles. The average molecular weight is 289 g/mol. The molecule has 2 rings (SSSR count). The lowest BCUT2D eigenvalue weighted by Gasteiger charge is -2.23. The molecule has 1 atom stereocenters. The van der Waals surface area contributed by atoms with Crippen molar-refractivity contribution < 1.29 is 14.7 Å². The molecule has 1 fully saturated rings. The molecule has 1 saturated carbocycles. The van der Waals surface area contributed by atoms with Crippen LogP contribution in [-0.4, -0.2) is 17.0 Å². The molecule has 4 nitrogen and oxygen atoms in total. The highest BCUT2D eigenvalue weighted by atomic mass is 16.4. The van der Waals surface area contributed by atoms with Crippen molar-refractivity contribution in [1.82, 2.24) is 5.32 Å². The van der Waals surface area contributed by atoms with E-state index in [9.17, 15) is 9.59 Å². The van der Waals surface area contributed by atoms with E-state index in [-0.39, 0.29) is 12.3 Å². The van der Waals surface area contributed by atoms with Gasteiger partial charge in [-0.15, -0.1) is 0 Å². The van der Waals surface area contributed by atoms with Crippen LogP contribution < -0.4 is 5.32 Å². The summed E-state index contributed by atoms with van der Waals surface area (Å²) in [6, 6.07) is 8.86. The molecule has 1 aromatic carbocycles. The molecule has 0 saturated heterocycles. The van der Waals surface area contributed by atoms with Gasteiger partial charge in [0.05, 0.1) is 12.5 Å². The zero-order valence-electron chi connectivity index (χ0n) is 12.3. The van der Waals surface area contributed by atoms with Gasteiger partial charge < -0.3 is 10.4 Å². The van der Waals surface area contributed by atoms with E-state index in [1.165, 1.54) is 19.3 Å². The van der Waals surface area contributed by atoms with Gasteiger partial charge in [-0.2, -0.15) is 0 Å². The van der Waals surface area contributed by atoms with Gasteiger partial charge in [0.2, 0.25) is 5.91 Å². The molecular formula is C17H23NO3. The molecule has 1 amide bonds. The fourth-order valence-electron chi connectivity index (χ4n) is 3.02. The monoisotopic (exact) mass is 289 g/mol. The Labute approximate surface area is 125 Å². The normalized spacial score (nSPS) is 17.1. The first-order valence-corrected chi connectivity index (χ1v) is 7.71. The first kappa shape index (κ1) is 15.5. The van der Waals surface area contributed by atoms with Crippen LogP contribution in [-0.2, 0) is 9.59 Å². The Morgan fingerprint density at radius 3 is 2.43 bits per heavy atom. The molecule has 1 unspecified atom stereocenters. The van der Waals surface area contributed by atoms with Crippen molar-refractivity contribution in [1.29, 1.82) is 0 Å². The number of hydrogen-bond acceptors (Lipinski definition) is 2. The number of rotatable bonds is 6. The third-order valence-electron chi connectivity index (χ3n) is 4.11. The zero-order chi connectivity index (χ0) is 15.1. The second kappa shape index (κ2) is 7.81. The van der Waals surface area contributed by atoms with E-state index in [2.05, 4.69) is 5.32 Å². The lowest BCUT2D eigenvalue weighted by atomic mass is 9.86. The van der Waals surface area contributed by atoms with Crippen LogP contribution in [0.2, 0.25) is 0 Å². The fraction of sp³-hybridized carbons (Fsp3) is 0.529. The van der Waals surface area contributed by atoms with E-state index in [4.69, 9.17) is 5.11 Å². The molecule has 0 bridgehead atoms. The number of carbonyl (C=O) groups excluding carboxylic acids is 1. The standard InChI is InChI=1S/C17H23NO3/c19-16(11-13-7-3-1-4-8-13)18-15(12-17(20)21)14-9-5-2-6-10-14/h2,5-6,9-10,13,15H,1,3-4,7-8,11-12H2,(H,18,19)(H,20,21). The van der Waals surface area contributed by atoms with Crippen LogP contribution in [0.15, 0.2) is 30.3 Å². The molecular weight excluding hydrogens is 266 g/mol. The maximum absolute atomic E-state index is 12.2. The molecule has 114 valence electrons. The van der Waals surface area contributed by atoms with Crippen molar-refractivity contribution in [2.75, 3.05) is 0 Å². The number of benzene rings is 1. The Morgan fingerprint density at radius 2 is 1.81 bits per heavy atom. The smallest absolute Gasteiger partial charge is 0.305 e. The van der Waals surface area contributed by atoms with Gasteiger partial charge in [0.15, 0.2) is 0 Å². The third-order valence-corrected chi connectivity index (χ3v) is 4.11. The number of carboxylic acid groups (broad SMARTS) is 1. The van der Waals surface area contributed by atoms with Crippen molar-refractivity contribution >= 4 is 11.9 Å². The highest BCUT2D eigenvalue weighted by Gasteiger charge is 2.21. The van der Waals surface area contributed by atoms with E-state index >= 15 is 0 Å². The van der Waals surface area contributed by atoms with E-state index in [1.54, 1.807) is 0 Å². The number of carbonyl (C=O) groups is 2. The molecule has 1 aromatic rings. The average Bonchev–Trinajstić information content (AvgIpc) is 2.48. The summed E-state index contributed by atoms with van der Waals surface area (Å²) in [5.74, 6) is -0.473.